The van der Waals surface area contributed by atoms with Crippen LogP contribution < -0.4 is 0 Å². The Morgan fingerprint density at radius 1 is 0.528 bits per heavy atom. The molecule has 1 fully saturated rings. The summed E-state index contributed by atoms with van der Waals surface area (Å²) in [7, 11) is 0. The quantitative estimate of drug-likeness (QED) is 0.279. The fourth-order valence-electron chi connectivity index (χ4n) is 5.11. The van der Waals surface area contributed by atoms with Crippen LogP contribution in [-0.2, 0) is 5.41 Å². The second-order valence-electron chi connectivity index (χ2n) is 9.37. The van der Waals surface area contributed by atoms with Crippen LogP contribution in [0.5, 0.6) is 11.5 Å². The van der Waals surface area contributed by atoms with E-state index in [-0.39, 0.29) is 16.9 Å². The van der Waals surface area contributed by atoms with Gasteiger partial charge in [-0.1, -0.05) is 67.8 Å². The van der Waals surface area contributed by atoms with Crippen LogP contribution in [0.1, 0.15) is 54.4 Å². The average molecular weight is 475 g/mol. The standard InChI is InChI=1S/C32H30N2O2/c35-30-10-4-2-8-24(30)22-33-28-16-12-26(13-17-28)32(20-6-1-7-21-32)27-14-18-29(19-15-27)34-23-25-9-3-5-11-31(25)36/h2-5,8-19,22-23,35-36H,1,6-7,20-21H2. The van der Waals surface area contributed by atoms with Gasteiger partial charge in [0.25, 0.3) is 0 Å². The van der Waals surface area contributed by atoms with Crippen LogP contribution in [0.15, 0.2) is 107 Å². The zero-order valence-corrected chi connectivity index (χ0v) is 20.2. The van der Waals surface area contributed by atoms with Crippen molar-refractivity contribution in [1.82, 2.24) is 0 Å². The van der Waals surface area contributed by atoms with Gasteiger partial charge in [-0.25, -0.2) is 0 Å². The van der Waals surface area contributed by atoms with E-state index in [9.17, 15) is 10.2 Å². The minimum Gasteiger partial charge on any atom is -0.507 e. The molecule has 0 saturated heterocycles. The first-order valence-corrected chi connectivity index (χ1v) is 12.5. The van der Waals surface area contributed by atoms with Gasteiger partial charge in [0.1, 0.15) is 11.5 Å². The van der Waals surface area contributed by atoms with E-state index in [0.717, 1.165) is 24.2 Å². The number of hydrogen-bond acceptors (Lipinski definition) is 4. The van der Waals surface area contributed by atoms with Crippen LogP contribution in [0, 0.1) is 0 Å². The summed E-state index contributed by atoms with van der Waals surface area (Å²) in [4.78, 5) is 9.13. The maximum atomic E-state index is 9.98. The Kier molecular flexibility index (Phi) is 6.94. The molecule has 2 N–H and O–H groups in total. The van der Waals surface area contributed by atoms with E-state index in [1.54, 1.807) is 36.7 Å². The van der Waals surface area contributed by atoms with E-state index in [1.165, 1.54) is 30.4 Å². The SMILES string of the molecule is Oc1ccccc1C=Nc1ccc(C2(c3ccc(N=Cc4ccccc4O)cc3)CCCCC2)cc1. The summed E-state index contributed by atoms with van der Waals surface area (Å²) in [6, 6.07) is 31.5. The molecule has 0 spiro atoms. The highest BCUT2D eigenvalue weighted by atomic mass is 16.3. The molecule has 4 heteroatoms. The number of hydrogen-bond donors (Lipinski definition) is 2. The van der Waals surface area contributed by atoms with Crippen molar-refractivity contribution in [2.45, 2.75) is 37.5 Å². The number of rotatable bonds is 6. The molecule has 0 amide bonds. The zero-order chi connectivity index (χ0) is 24.8. The van der Waals surface area contributed by atoms with Crippen molar-refractivity contribution in [2.24, 2.45) is 9.98 Å². The lowest BCUT2D eigenvalue weighted by molar-refractivity contribution is 0.346. The van der Waals surface area contributed by atoms with Crippen LogP contribution in [-0.4, -0.2) is 22.6 Å². The maximum absolute atomic E-state index is 9.98. The molecule has 0 atom stereocenters. The second-order valence-corrected chi connectivity index (χ2v) is 9.37. The van der Waals surface area contributed by atoms with Crippen molar-refractivity contribution in [3.05, 3.63) is 119 Å². The van der Waals surface area contributed by atoms with E-state index in [1.807, 2.05) is 24.3 Å². The van der Waals surface area contributed by atoms with Crippen molar-refractivity contribution in [3.63, 3.8) is 0 Å². The van der Waals surface area contributed by atoms with Crippen LogP contribution in [0.3, 0.4) is 0 Å². The van der Waals surface area contributed by atoms with E-state index >= 15 is 0 Å². The molecule has 0 aromatic heterocycles. The first-order chi connectivity index (χ1) is 17.6. The molecule has 0 heterocycles. The molecule has 0 bridgehead atoms. The summed E-state index contributed by atoms with van der Waals surface area (Å²) in [5.41, 5.74) is 5.75. The largest absolute Gasteiger partial charge is 0.507 e. The van der Waals surface area contributed by atoms with Gasteiger partial charge in [0.2, 0.25) is 0 Å². The Balaban J connectivity index is 1.39. The molecule has 180 valence electrons. The minimum absolute atomic E-state index is 0.0157. The van der Waals surface area contributed by atoms with Crippen molar-refractivity contribution >= 4 is 23.8 Å². The van der Waals surface area contributed by atoms with Crippen LogP contribution in [0.25, 0.3) is 0 Å². The second kappa shape index (κ2) is 10.6. The molecule has 4 nitrogen and oxygen atoms in total. The monoisotopic (exact) mass is 474 g/mol. The lowest BCUT2D eigenvalue weighted by Gasteiger charge is -2.38. The zero-order valence-electron chi connectivity index (χ0n) is 20.2. The molecule has 4 aromatic carbocycles. The predicted octanol–water partition coefficient (Wildman–Crippen LogP) is 7.85. The Labute approximate surface area is 212 Å². The smallest absolute Gasteiger partial charge is 0.124 e. The maximum Gasteiger partial charge on any atom is 0.124 e. The third kappa shape index (κ3) is 5.08. The van der Waals surface area contributed by atoms with Crippen molar-refractivity contribution < 1.29 is 10.2 Å². The van der Waals surface area contributed by atoms with Gasteiger partial charge in [-0.05, 0) is 72.5 Å². The van der Waals surface area contributed by atoms with Gasteiger partial charge >= 0.3 is 0 Å². The highest BCUT2D eigenvalue weighted by Crippen LogP contribution is 2.45. The summed E-state index contributed by atoms with van der Waals surface area (Å²) in [6.07, 6.45) is 9.33. The van der Waals surface area contributed by atoms with Gasteiger partial charge in [0.15, 0.2) is 0 Å². The van der Waals surface area contributed by atoms with Gasteiger partial charge in [-0.15, -0.1) is 0 Å². The lowest BCUT2D eigenvalue weighted by Crippen LogP contribution is -2.30. The fraction of sp³-hybridized carbons (Fsp3) is 0.188. The van der Waals surface area contributed by atoms with Crippen LogP contribution in [0.2, 0.25) is 0 Å². The lowest BCUT2D eigenvalue weighted by atomic mass is 9.65. The van der Waals surface area contributed by atoms with Gasteiger partial charge in [-0.2, -0.15) is 0 Å². The third-order valence-electron chi connectivity index (χ3n) is 7.13. The van der Waals surface area contributed by atoms with Gasteiger partial charge in [0.05, 0.1) is 11.4 Å². The highest BCUT2D eigenvalue weighted by Gasteiger charge is 2.35. The molecule has 4 aromatic rings. The van der Waals surface area contributed by atoms with Crippen molar-refractivity contribution in [1.29, 1.82) is 0 Å². The molecule has 5 rings (SSSR count). The van der Waals surface area contributed by atoms with Crippen LogP contribution in [0.4, 0.5) is 11.4 Å². The van der Waals surface area contributed by atoms with E-state index < -0.39 is 0 Å². The number of phenols is 2. The minimum atomic E-state index is -0.0157. The number of aliphatic imine (C=N–C) groups is 2. The Morgan fingerprint density at radius 2 is 0.944 bits per heavy atom. The fourth-order valence-corrected chi connectivity index (χ4v) is 5.11. The van der Waals surface area contributed by atoms with Crippen molar-refractivity contribution in [3.8, 4) is 11.5 Å². The Hall–Kier alpha value is -4.18. The molecular weight excluding hydrogens is 444 g/mol. The summed E-state index contributed by atoms with van der Waals surface area (Å²) < 4.78 is 0. The number of nitrogens with zero attached hydrogens (tertiary/aromatic N) is 2. The van der Waals surface area contributed by atoms with Crippen LogP contribution >= 0.6 is 0 Å². The molecule has 1 aliphatic rings. The highest BCUT2D eigenvalue weighted by molar-refractivity contribution is 5.85. The number of aromatic hydroxyl groups is 2. The molecule has 0 aliphatic heterocycles. The first kappa shape index (κ1) is 23.6. The predicted molar refractivity (Wildman–Crippen MR) is 147 cm³/mol. The average Bonchev–Trinajstić information content (AvgIpc) is 2.93. The first-order valence-electron chi connectivity index (χ1n) is 12.5. The molecule has 36 heavy (non-hydrogen) atoms. The number of benzene rings is 4. The van der Waals surface area contributed by atoms with Crippen molar-refractivity contribution in [2.75, 3.05) is 0 Å². The normalized spacial score (nSPS) is 15.4. The molecular formula is C32H30N2O2. The van der Waals surface area contributed by atoms with E-state index in [4.69, 9.17) is 0 Å². The van der Waals surface area contributed by atoms with Gasteiger partial charge < -0.3 is 10.2 Å². The summed E-state index contributed by atoms with van der Waals surface area (Å²) in [6.45, 7) is 0. The summed E-state index contributed by atoms with van der Waals surface area (Å²) in [5.74, 6) is 0.458. The van der Waals surface area contributed by atoms with Gasteiger partial charge in [0, 0.05) is 29.0 Å². The molecule has 0 radical (unpaired) electrons. The van der Waals surface area contributed by atoms with E-state index in [0.29, 0.717) is 11.1 Å². The molecule has 1 aliphatic carbocycles. The Bertz CT molecular complexity index is 1270. The summed E-state index contributed by atoms with van der Waals surface area (Å²) in [5, 5.41) is 20.0. The van der Waals surface area contributed by atoms with Gasteiger partial charge in [-0.3, -0.25) is 9.98 Å². The number of phenolic OH excluding ortho intramolecular Hbond substituents is 2. The Morgan fingerprint density at radius 3 is 1.36 bits per heavy atom. The number of para-hydroxylation sites is 2. The molecule has 1 saturated carbocycles. The summed E-state index contributed by atoms with van der Waals surface area (Å²) >= 11 is 0. The van der Waals surface area contributed by atoms with E-state index in [2.05, 4.69) is 58.5 Å². The molecule has 0 unspecified atom stereocenters. The third-order valence-corrected chi connectivity index (χ3v) is 7.13. The topological polar surface area (TPSA) is 65.2 Å².